The van der Waals surface area contributed by atoms with Crippen LogP contribution in [0.3, 0.4) is 0 Å². The van der Waals surface area contributed by atoms with Crippen LogP contribution in [0.25, 0.3) is 0 Å². The highest BCUT2D eigenvalue weighted by Gasteiger charge is 2.20. The van der Waals surface area contributed by atoms with Crippen molar-refractivity contribution >= 4 is 5.82 Å². The lowest BCUT2D eigenvalue weighted by Crippen LogP contribution is -2.33. The van der Waals surface area contributed by atoms with Gasteiger partial charge in [-0.1, -0.05) is 19.9 Å². The lowest BCUT2D eigenvalue weighted by molar-refractivity contribution is 0.202. The fourth-order valence-corrected chi connectivity index (χ4v) is 2.26. The number of hydrogen-bond acceptors (Lipinski definition) is 4. The van der Waals surface area contributed by atoms with Crippen molar-refractivity contribution in [1.82, 2.24) is 9.88 Å². The molecule has 1 atom stereocenters. The zero-order chi connectivity index (χ0) is 14.4. The minimum Gasteiger partial charge on any atom is -0.468 e. The molecule has 0 bridgehead atoms. The number of nitrogens with zero attached hydrogens (tertiary/aromatic N) is 2. The largest absolute Gasteiger partial charge is 0.468 e. The molecule has 0 fully saturated rings. The van der Waals surface area contributed by atoms with E-state index in [1.165, 1.54) is 6.07 Å². The first-order chi connectivity index (χ1) is 9.74. The summed E-state index contributed by atoms with van der Waals surface area (Å²) in [5, 5.41) is 3.17. The maximum Gasteiger partial charge on any atom is 0.214 e. The first-order valence-corrected chi connectivity index (χ1v) is 6.88. The van der Waals surface area contributed by atoms with E-state index in [1.54, 1.807) is 18.4 Å². The quantitative estimate of drug-likeness (QED) is 0.788. The van der Waals surface area contributed by atoms with Gasteiger partial charge in [0.25, 0.3) is 0 Å². The van der Waals surface area contributed by atoms with E-state index in [0.29, 0.717) is 12.4 Å². The third-order valence-corrected chi connectivity index (χ3v) is 3.32. The van der Waals surface area contributed by atoms with Crippen molar-refractivity contribution in [2.75, 3.05) is 25.0 Å². The van der Waals surface area contributed by atoms with E-state index in [4.69, 9.17) is 4.42 Å². The number of anilines is 1. The van der Waals surface area contributed by atoms with E-state index in [2.05, 4.69) is 29.0 Å². The maximum atomic E-state index is 13.1. The smallest absolute Gasteiger partial charge is 0.214 e. The summed E-state index contributed by atoms with van der Waals surface area (Å²) in [6, 6.07) is 8.68. The fraction of sp³-hybridized carbons (Fsp3) is 0.400. The van der Waals surface area contributed by atoms with Crippen molar-refractivity contribution in [2.45, 2.75) is 19.9 Å². The van der Waals surface area contributed by atoms with E-state index >= 15 is 0 Å². The highest BCUT2D eigenvalue weighted by Crippen LogP contribution is 2.21. The lowest BCUT2D eigenvalue weighted by atomic mass is 10.2. The summed E-state index contributed by atoms with van der Waals surface area (Å²) < 4.78 is 18.6. The molecule has 1 N–H and O–H groups in total. The number of halogens is 1. The number of rotatable bonds is 7. The third kappa shape index (κ3) is 3.57. The van der Waals surface area contributed by atoms with Crippen molar-refractivity contribution in [3.05, 3.63) is 48.3 Å². The predicted molar refractivity (Wildman–Crippen MR) is 77.1 cm³/mol. The molecule has 0 aromatic carbocycles. The minimum absolute atomic E-state index is 0.102. The zero-order valence-electron chi connectivity index (χ0n) is 11.8. The van der Waals surface area contributed by atoms with Gasteiger partial charge in [-0.05, 0) is 37.4 Å². The van der Waals surface area contributed by atoms with Crippen LogP contribution in [-0.4, -0.2) is 29.5 Å². The molecule has 0 aliphatic carbocycles. The fourth-order valence-electron chi connectivity index (χ4n) is 2.26. The van der Waals surface area contributed by atoms with Gasteiger partial charge in [0.1, 0.15) is 11.6 Å². The van der Waals surface area contributed by atoms with Crippen molar-refractivity contribution in [2.24, 2.45) is 0 Å². The van der Waals surface area contributed by atoms with Crippen LogP contribution in [0.1, 0.15) is 25.6 Å². The Morgan fingerprint density at radius 3 is 2.65 bits per heavy atom. The Morgan fingerprint density at radius 2 is 2.05 bits per heavy atom. The second kappa shape index (κ2) is 7.05. The molecule has 2 aromatic rings. The van der Waals surface area contributed by atoms with Crippen molar-refractivity contribution in [1.29, 1.82) is 0 Å². The third-order valence-electron chi connectivity index (χ3n) is 3.32. The molecule has 0 amide bonds. The van der Waals surface area contributed by atoms with Crippen molar-refractivity contribution in [3.8, 4) is 0 Å². The Bertz CT molecular complexity index is 512. The second-order valence-corrected chi connectivity index (χ2v) is 4.48. The molecule has 2 heterocycles. The van der Waals surface area contributed by atoms with E-state index < -0.39 is 5.95 Å². The van der Waals surface area contributed by atoms with Gasteiger partial charge in [-0.3, -0.25) is 4.90 Å². The number of nitrogens with one attached hydrogen (secondary N) is 1. The van der Waals surface area contributed by atoms with Gasteiger partial charge in [0.15, 0.2) is 0 Å². The normalized spacial score (nSPS) is 12.6. The van der Waals surface area contributed by atoms with Crippen LogP contribution in [0.15, 0.2) is 41.0 Å². The molecule has 4 nitrogen and oxygen atoms in total. The van der Waals surface area contributed by atoms with Gasteiger partial charge in [0, 0.05) is 6.54 Å². The molecular weight excluding hydrogens is 257 g/mol. The average molecular weight is 277 g/mol. The van der Waals surface area contributed by atoms with Crippen LogP contribution >= 0.6 is 0 Å². The summed E-state index contributed by atoms with van der Waals surface area (Å²) in [6.07, 6.45) is 1.67. The number of hydrogen-bond donors (Lipinski definition) is 1. The number of likely N-dealkylation sites (N-methyl/N-ethyl adjacent to an activating group) is 1. The SMILES string of the molecule is CCN(CC)C(CNc1cccc(F)n1)c1ccco1. The highest BCUT2D eigenvalue weighted by atomic mass is 19.1. The molecule has 0 aliphatic rings. The number of furan rings is 1. The summed E-state index contributed by atoms with van der Waals surface area (Å²) in [5.74, 6) is 0.957. The monoisotopic (exact) mass is 277 g/mol. The van der Waals surface area contributed by atoms with Crippen LogP contribution in [0.2, 0.25) is 0 Å². The van der Waals surface area contributed by atoms with Gasteiger partial charge in [-0.25, -0.2) is 4.98 Å². The van der Waals surface area contributed by atoms with E-state index in [9.17, 15) is 4.39 Å². The lowest BCUT2D eigenvalue weighted by Gasteiger charge is -2.28. The Hall–Kier alpha value is -1.88. The second-order valence-electron chi connectivity index (χ2n) is 4.48. The molecule has 0 aliphatic heterocycles. The summed E-state index contributed by atoms with van der Waals surface area (Å²) in [5.41, 5.74) is 0. The highest BCUT2D eigenvalue weighted by molar-refractivity contribution is 5.34. The molecule has 20 heavy (non-hydrogen) atoms. The summed E-state index contributed by atoms with van der Waals surface area (Å²) in [6.45, 7) is 6.67. The number of aromatic nitrogens is 1. The van der Waals surface area contributed by atoms with Crippen LogP contribution in [-0.2, 0) is 0 Å². The molecule has 2 rings (SSSR count). The molecule has 0 spiro atoms. The Kier molecular flexibility index (Phi) is 5.12. The Labute approximate surface area is 118 Å². The van der Waals surface area contributed by atoms with Gasteiger partial charge in [0.05, 0.1) is 12.3 Å². The average Bonchev–Trinajstić information content (AvgIpc) is 2.97. The van der Waals surface area contributed by atoms with Gasteiger partial charge in [-0.15, -0.1) is 0 Å². The number of pyridine rings is 1. The van der Waals surface area contributed by atoms with Crippen LogP contribution < -0.4 is 5.32 Å². The molecule has 5 heteroatoms. The predicted octanol–water partition coefficient (Wildman–Crippen LogP) is 3.31. The molecule has 2 aromatic heterocycles. The summed E-state index contributed by atoms with van der Waals surface area (Å²) in [4.78, 5) is 6.09. The Morgan fingerprint density at radius 1 is 1.25 bits per heavy atom. The maximum absolute atomic E-state index is 13.1. The van der Waals surface area contributed by atoms with E-state index in [0.717, 1.165) is 18.8 Å². The van der Waals surface area contributed by atoms with Crippen LogP contribution in [0.4, 0.5) is 10.2 Å². The molecule has 0 radical (unpaired) electrons. The van der Waals surface area contributed by atoms with Crippen molar-refractivity contribution in [3.63, 3.8) is 0 Å². The van der Waals surface area contributed by atoms with Crippen molar-refractivity contribution < 1.29 is 8.81 Å². The first kappa shape index (κ1) is 14.5. The molecule has 0 saturated carbocycles. The van der Waals surface area contributed by atoms with Crippen LogP contribution in [0.5, 0.6) is 0 Å². The molecule has 1 unspecified atom stereocenters. The topological polar surface area (TPSA) is 41.3 Å². The zero-order valence-corrected chi connectivity index (χ0v) is 11.8. The van der Waals surface area contributed by atoms with Gasteiger partial charge < -0.3 is 9.73 Å². The van der Waals surface area contributed by atoms with E-state index in [-0.39, 0.29) is 6.04 Å². The standard InChI is InChI=1S/C15H20FN3O/c1-3-19(4-2)12(13-7-6-10-20-13)11-17-15-9-5-8-14(16)18-15/h5-10,12H,3-4,11H2,1-2H3,(H,17,18). The van der Waals surface area contributed by atoms with Crippen LogP contribution in [0, 0.1) is 5.95 Å². The molecule has 108 valence electrons. The summed E-state index contributed by atoms with van der Waals surface area (Å²) in [7, 11) is 0. The first-order valence-electron chi connectivity index (χ1n) is 6.88. The van der Waals surface area contributed by atoms with E-state index in [1.807, 2.05) is 12.1 Å². The summed E-state index contributed by atoms with van der Waals surface area (Å²) >= 11 is 0. The van der Waals surface area contributed by atoms with Gasteiger partial charge in [-0.2, -0.15) is 4.39 Å². The minimum atomic E-state index is -0.479. The molecule has 0 saturated heterocycles. The van der Waals surface area contributed by atoms with Gasteiger partial charge in [0.2, 0.25) is 5.95 Å². The molecular formula is C15H20FN3O. The Balaban J connectivity index is 2.08. The van der Waals surface area contributed by atoms with Gasteiger partial charge >= 0.3 is 0 Å².